The smallest absolute Gasteiger partial charge is 0.119 e. The first kappa shape index (κ1) is 10.5. The molecule has 3 heteroatoms. The molecule has 2 unspecified atom stereocenters. The van der Waals surface area contributed by atoms with Crippen molar-refractivity contribution in [2.75, 3.05) is 26.5 Å². The number of benzene rings is 1. The Hall–Kier alpha value is -0.670. The number of hydrogen-bond acceptors (Lipinski definition) is 3. The number of likely N-dealkylation sites (N-methyl/N-ethyl adjacent to an activating group) is 1. The molecule has 0 saturated carbocycles. The molecule has 0 N–H and O–H groups in total. The second-order valence-electron chi connectivity index (χ2n) is 4.66. The molecule has 16 heavy (non-hydrogen) atoms. The van der Waals surface area contributed by atoms with E-state index in [1.807, 2.05) is 11.8 Å². The SMILES string of the molecule is COc1ccc2c(c1)C1CCN(C)C1CS2. The van der Waals surface area contributed by atoms with Gasteiger partial charge in [0.1, 0.15) is 5.75 Å². The largest absolute Gasteiger partial charge is 0.497 e. The third-order valence-electron chi connectivity index (χ3n) is 3.85. The van der Waals surface area contributed by atoms with Gasteiger partial charge in [-0.25, -0.2) is 0 Å². The summed E-state index contributed by atoms with van der Waals surface area (Å²) >= 11 is 1.99. The lowest BCUT2D eigenvalue weighted by Gasteiger charge is -2.31. The van der Waals surface area contributed by atoms with Gasteiger partial charge < -0.3 is 9.64 Å². The minimum Gasteiger partial charge on any atom is -0.497 e. The van der Waals surface area contributed by atoms with Crippen LogP contribution < -0.4 is 4.74 Å². The summed E-state index contributed by atoms with van der Waals surface area (Å²) in [6, 6.07) is 7.25. The van der Waals surface area contributed by atoms with E-state index in [-0.39, 0.29) is 0 Å². The summed E-state index contributed by atoms with van der Waals surface area (Å²) in [5, 5.41) is 0. The number of hydrogen-bond donors (Lipinski definition) is 0. The number of nitrogens with zero attached hydrogens (tertiary/aromatic N) is 1. The minimum atomic E-state index is 0.719. The van der Waals surface area contributed by atoms with Crippen LogP contribution in [0.1, 0.15) is 17.9 Å². The molecule has 0 amide bonds. The Bertz CT molecular complexity index is 407. The van der Waals surface area contributed by atoms with Crippen LogP contribution in [0.15, 0.2) is 23.1 Å². The number of thioether (sulfide) groups is 1. The molecule has 0 spiro atoms. The molecule has 2 aliphatic heterocycles. The fourth-order valence-electron chi connectivity index (χ4n) is 2.86. The third kappa shape index (κ3) is 1.54. The Kier molecular flexibility index (Phi) is 2.60. The van der Waals surface area contributed by atoms with Crippen LogP contribution in [0.3, 0.4) is 0 Å². The van der Waals surface area contributed by atoms with Crippen molar-refractivity contribution in [2.45, 2.75) is 23.3 Å². The number of rotatable bonds is 1. The van der Waals surface area contributed by atoms with Crippen LogP contribution >= 0.6 is 11.8 Å². The van der Waals surface area contributed by atoms with E-state index < -0.39 is 0 Å². The van der Waals surface area contributed by atoms with Crippen molar-refractivity contribution in [2.24, 2.45) is 0 Å². The summed E-state index contributed by atoms with van der Waals surface area (Å²) in [6.45, 7) is 1.23. The third-order valence-corrected chi connectivity index (χ3v) is 5.04. The molecule has 0 radical (unpaired) electrons. The summed E-state index contributed by atoms with van der Waals surface area (Å²) < 4.78 is 5.33. The molecular weight excluding hydrogens is 218 g/mol. The topological polar surface area (TPSA) is 12.5 Å². The van der Waals surface area contributed by atoms with Crippen LogP contribution in [0.2, 0.25) is 0 Å². The quantitative estimate of drug-likeness (QED) is 0.742. The number of likely N-dealkylation sites (tertiary alicyclic amines) is 1. The Morgan fingerprint density at radius 3 is 3.12 bits per heavy atom. The predicted molar refractivity (Wildman–Crippen MR) is 67.5 cm³/mol. The predicted octanol–water partition coefficient (Wildman–Crippen LogP) is 2.59. The van der Waals surface area contributed by atoms with Crippen molar-refractivity contribution in [3.05, 3.63) is 23.8 Å². The van der Waals surface area contributed by atoms with Gasteiger partial charge in [0.15, 0.2) is 0 Å². The number of ether oxygens (including phenoxy) is 1. The number of fused-ring (bicyclic) bond motifs is 3. The summed E-state index contributed by atoms with van der Waals surface area (Å²) in [4.78, 5) is 3.96. The van der Waals surface area contributed by atoms with Crippen molar-refractivity contribution in [1.29, 1.82) is 0 Å². The summed E-state index contributed by atoms with van der Waals surface area (Å²) in [5.41, 5.74) is 1.50. The van der Waals surface area contributed by atoms with Gasteiger partial charge in [-0.3, -0.25) is 0 Å². The fourth-order valence-corrected chi connectivity index (χ4v) is 4.24. The number of methoxy groups -OCH3 is 1. The van der Waals surface area contributed by atoms with Gasteiger partial charge in [-0.1, -0.05) is 0 Å². The first-order valence-electron chi connectivity index (χ1n) is 5.80. The molecule has 1 saturated heterocycles. The molecule has 2 aliphatic rings. The van der Waals surface area contributed by atoms with E-state index in [1.54, 1.807) is 7.11 Å². The van der Waals surface area contributed by atoms with Crippen molar-refractivity contribution in [3.8, 4) is 5.75 Å². The monoisotopic (exact) mass is 235 g/mol. The van der Waals surface area contributed by atoms with E-state index in [2.05, 4.69) is 30.1 Å². The Labute approximate surface area is 101 Å². The lowest BCUT2D eigenvalue weighted by atomic mass is 9.92. The van der Waals surface area contributed by atoms with Crippen LogP contribution in [0.4, 0.5) is 0 Å². The molecule has 86 valence electrons. The Balaban J connectivity index is 2.01. The Morgan fingerprint density at radius 1 is 1.44 bits per heavy atom. The molecule has 2 nitrogen and oxygen atoms in total. The molecule has 0 bridgehead atoms. The zero-order valence-electron chi connectivity index (χ0n) is 9.77. The molecule has 1 fully saturated rings. The lowest BCUT2D eigenvalue weighted by molar-refractivity contribution is 0.319. The molecule has 2 heterocycles. The van der Waals surface area contributed by atoms with Crippen molar-refractivity contribution >= 4 is 11.8 Å². The summed E-state index contributed by atoms with van der Waals surface area (Å²) in [7, 11) is 3.99. The maximum atomic E-state index is 5.33. The first-order chi connectivity index (χ1) is 7.79. The highest BCUT2D eigenvalue weighted by molar-refractivity contribution is 7.99. The lowest BCUT2D eigenvalue weighted by Crippen LogP contribution is -2.32. The molecule has 0 aliphatic carbocycles. The van der Waals surface area contributed by atoms with Gasteiger partial charge in [-0.05, 0) is 43.8 Å². The zero-order valence-corrected chi connectivity index (χ0v) is 10.6. The summed E-state index contributed by atoms with van der Waals surface area (Å²) in [6.07, 6.45) is 1.29. The first-order valence-corrected chi connectivity index (χ1v) is 6.79. The average molecular weight is 235 g/mol. The molecule has 0 aromatic heterocycles. The summed E-state index contributed by atoms with van der Waals surface area (Å²) in [5.74, 6) is 2.95. The highest BCUT2D eigenvalue weighted by Gasteiger charge is 2.37. The maximum Gasteiger partial charge on any atom is 0.119 e. The Morgan fingerprint density at radius 2 is 2.31 bits per heavy atom. The second kappa shape index (κ2) is 3.97. The average Bonchev–Trinajstić information content (AvgIpc) is 2.71. The van der Waals surface area contributed by atoms with Gasteiger partial charge in [0.2, 0.25) is 0 Å². The standard InChI is InChI=1S/C13H17NOS/c1-14-6-5-10-11-7-9(15-2)3-4-13(11)16-8-12(10)14/h3-4,7,10,12H,5-6,8H2,1-2H3. The molecule has 1 aromatic carbocycles. The van der Waals surface area contributed by atoms with Crippen molar-refractivity contribution in [1.82, 2.24) is 4.90 Å². The highest BCUT2D eigenvalue weighted by atomic mass is 32.2. The van der Waals surface area contributed by atoms with Gasteiger partial charge in [0.25, 0.3) is 0 Å². The van der Waals surface area contributed by atoms with E-state index in [0.717, 1.165) is 17.7 Å². The van der Waals surface area contributed by atoms with Crippen molar-refractivity contribution in [3.63, 3.8) is 0 Å². The van der Waals surface area contributed by atoms with E-state index in [0.29, 0.717) is 0 Å². The van der Waals surface area contributed by atoms with Crippen LogP contribution in [-0.2, 0) is 0 Å². The zero-order chi connectivity index (χ0) is 11.1. The maximum absolute atomic E-state index is 5.33. The van der Waals surface area contributed by atoms with E-state index in [4.69, 9.17) is 4.74 Å². The molecule has 1 aromatic rings. The van der Waals surface area contributed by atoms with E-state index >= 15 is 0 Å². The minimum absolute atomic E-state index is 0.719. The van der Waals surface area contributed by atoms with Crippen LogP contribution in [0.25, 0.3) is 0 Å². The molecular formula is C13H17NOS. The fraction of sp³-hybridized carbons (Fsp3) is 0.538. The molecule has 2 atom stereocenters. The van der Waals surface area contributed by atoms with Gasteiger partial charge >= 0.3 is 0 Å². The van der Waals surface area contributed by atoms with Crippen LogP contribution in [0, 0.1) is 0 Å². The normalized spacial score (nSPS) is 28.6. The van der Waals surface area contributed by atoms with Crippen molar-refractivity contribution < 1.29 is 4.74 Å². The highest BCUT2D eigenvalue weighted by Crippen LogP contribution is 2.45. The van der Waals surface area contributed by atoms with Crippen LogP contribution in [0.5, 0.6) is 5.75 Å². The van der Waals surface area contributed by atoms with Gasteiger partial charge in [-0.15, -0.1) is 11.8 Å². The van der Waals surface area contributed by atoms with E-state index in [9.17, 15) is 0 Å². The van der Waals surface area contributed by atoms with Gasteiger partial charge in [-0.2, -0.15) is 0 Å². The van der Waals surface area contributed by atoms with Gasteiger partial charge in [0.05, 0.1) is 7.11 Å². The van der Waals surface area contributed by atoms with Gasteiger partial charge in [0, 0.05) is 22.6 Å². The second-order valence-corrected chi connectivity index (χ2v) is 5.72. The molecule has 3 rings (SSSR count). The van der Waals surface area contributed by atoms with E-state index in [1.165, 1.54) is 29.2 Å². The van der Waals surface area contributed by atoms with Crippen LogP contribution in [-0.4, -0.2) is 37.4 Å².